The lowest BCUT2D eigenvalue weighted by Gasteiger charge is -2.33. The van der Waals surface area contributed by atoms with Crippen molar-refractivity contribution in [1.29, 1.82) is 0 Å². The third kappa shape index (κ3) is 4.60. The van der Waals surface area contributed by atoms with Gasteiger partial charge in [0.25, 0.3) is 0 Å². The average Bonchev–Trinajstić information content (AvgIpc) is 3.15. The van der Waals surface area contributed by atoms with Crippen molar-refractivity contribution in [3.8, 4) is 0 Å². The fraction of sp³-hybridized carbons (Fsp3) is 0.474. The van der Waals surface area contributed by atoms with Crippen molar-refractivity contribution in [3.05, 3.63) is 53.9 Å². The molecule has 0 saturated carbocycles. The second kappa shape index (κ2) is 9.11. The Morgan fingerprint density at radius 3 is 2.42 bits per heavy atom. The van der Waals surface area contributed by atoms with Crippen molar-refractivity contribution in [1.82, 2.24) is 20.8 Å². The molecule has 0 saturated heterocycles. The maximum Gasteiger partial charge on any atom is 0.191 e. The largest absolute Gasteiger partial charge is 0.357 e. The molecule has 130 valence electrons. The third-order valence-electron chi connectivity index (χ3n) is 4.64. The lowest BCUT2D eigenvalue weighted by Crippen LogP contribution is -2.45. The van der Waals surface area contributed by atoms with Crippen LogP contribution in [0.4, 0.5) is 0 Å². The van der Waals surface area contributed by atoms with Crippen LogP contribution in [-0.4, -0.2) is 29.2 Å². The van der Waals surface area contributed by atoms with E-state index in [1.54, 1.807) is 6.20 Å². The molecule has 1 aromatic heterocycles. The van der Waals surface area contributed by atoms with Gasteiger partial charge in [0.15, 0.2) is 5.96 Å². The van der Waals surface area contributed by atoms with E-state index in [0.29, 0.717) is 6.54 Å². The summed E-state index contributed by atoms with van der Waals surface area (Å²) in [7, 11) is 0. The SMILES string of the molecule is CCNC(=NCc1ccn[nH]1)NCC(CC)(CC)c1ccccc1. The summed E-state index contributed by atoms with van der Waals surface area (Å²) in [6.07, 6.45) is 3.92. The van der Waals surface area contributed by atoms with Crippen molar-refractivity contribution in [3.63, 3.8) is 0 Å². The van der Waals surface area contributed by atoms with Crippen LogP contribution in [0.5, 0.6) is 0 Å². The minimum atomic E-state index is 0.117. The van der Waals surface area contributed by atoms with Crippen LogP contribution in [0.2, 0.25) is 0 Å². The maximum absolute atomic E-state index is 4.64. The molecule has 24 heavy (non-hydrogen) atoms. The monoisotopic (exact) mass is 327 g/mol. The number of aromatic amines is 1. The van der Waals surface area contributed by atoms with E-state index < -0.39 is 0 Å². The lowest BCUT2D eigenvalue weighted by molar-refractivity contribution is 0.389. The Labute approximate surface area is 145 Å². The third-order valence-corrected chi connectivity index (χ3v) is 4.64. The molecule has 2 rings (SSSR count). The summed E-state index contributed by atoms with van der Waals surface area (Å²) in [5.74, 6) is 0.842. The van der Waals surface area contributed by atoms with Crippen LogP contribution in [0.15, 0.2) is 47.6 Å². The van der Waals surface area contributed by atoms with E-state index in [9.17, 15) is 0 Å². The molecular weight excluding hydrogens is 298 g/mol. The number of benzene rings is 1. The number of hydrogen-bond acceptors (Lipinski definition) is 2. The number of nitrogens with zero attached hydrogens (tertiary/aromatic N) is 2. The molecule has 0 fully saturated rings. The fourth-order valence-corrected chi connectivity index (χ4v) is 2.93. The maximum atomic E-state index is 4.64. The van der Waals surface area contributed by atoms with Gasteiger partial charge < -0.3 is 10.6 Å². The van der Waals surface area contributed by atoms with E-state index >= 15 is 0 Å². The Bertz CT molecular complexity index is 600. The Morgan fingerprint density at radius 2 is 1.83 bits per heavy atom. The summed E-state index contributed by atoms with van der Waals surface area (Å²) >= 11 is 0. The Balaban J connectivity index is 2.08. The number of aliphatic imine (C=N–C) groups is 1. The zero-order valence-electron chi connectivity index (χ0n) is 15.0. The first-order valence-electron chi connectivity index (χ1n) is 8.80. The van der Waals surface area contributed by atoms with Crippen molar-refractivity contribution >= 4 is 5.96 Å². The van der Waals surface area contributed by atoms with E-state index in [1.807, 2.05) is 6.07 Å². The normalized spacial score (nSPS) is 12.2. The Kier molecular flexibility index (Phi) is 6.85. The van der Waals surface area contributed by atoms with Gasteiger partial charge in [-0.3, -0.25) is 5.10 Å². The summed E-state index contributed by atoms with van der Waals surface area (Å²) in [6.45, 7) is 8.88. The van der Waals surface area contributed by atoms with Gasteiger partial charge >= 0.3 is 0 Å². The van der Waals surface area contributed by atoms with Crippen molar-refractivity contribution < 1.29 is 0 Å². The van der Waals surface area contributed by atoms with Crippen LogP contribution in [0.1, 0.15) is 44.9 Å². The number of nitrogens with one attached hydrogen (secondary N) is 3. The fourth-order valence-electron chi connectivity index (χ4n) is 2.93. The number of H-pyrrole nitrogens is 1. The van der Waals surface area contributed by atoms with Gasteiger partial charge in [-0.25, -0.2) is 4.99 Å². The molecule has 0 aliphatic carbocycles. The minimum Gasteiger partial charge on any atom is -0.357 e. The smallest absolute Gasteiger partial charge is 0.191 e. The Morgan fingerprint density at radius 1 is 1.08 bits per heavy atom. The summed E-state index contributed by atoms with van der Waals surface area (Å²) in [5, 5.41) is 13.8. The van der Waals surface area contributed by atoms with E-state index in [1.165, 1.54) is 5.56 Å². The van der Waals surface area contributed by atoms with E-state index in [-0.39, 0.29) is 5.41 Å². The zero-order valence-corrected chi connectivity index (χ0v) is 15.0. The van der Waals surface area contributed by atoms with Gasteiger partial charge in [-0.15, -0.1) is 0 Å². The highest BCUT2D eigenvalue weighted by atomic mass is 15.2. The average molecular weight is 327 g/mol. The molecule has 0 atom stereocenters. The molecular formula is C19H29N5. The van der Waals surface area contributed by atoms with Crippen molar-refractivity contribution in [2.24, 2.45) is 4.99 Å². The molecule has 3 N–H and O–H groups in total. The second-order valence-corrected chi connectivity index (χ2v) is 5.98. The van der Waals surface area contributed by atoms with Crippen LogP contribution in [0, 0.1) is 0 Å². The van der Waals surface area contributed by atoms with Gasteiger partial charge in [0.2, 0.25) is 0 Å². The van der Waals surface area contributed by atoms with Gasteiger partial charge in [0.1, 0.15) is 0 Å². The van der Waals surface area contributed by atoms with Crippen LogP contribution in [0.25, 0.3) is 0 Å². The molecule has 0 radical (unpaired) electrons. The molecule has 0 bridgehead atoms. The van der Waals surface area contributed by atoms with Gasteiger partial charge in [-0.05, 0) is 31.4 Å². The summed E-state index contributed by atoms with van der Waals surface area (Å²) < 4.78 is 0. The highest BCUT2D eigenvalue weighted by molar-refractivity contribution is 5.79. The molecule has 0 aliphatic heterocycles. The van der Waals surface area contributed by atoms with Crippen molar-refractivity contribution in [2.75, 3.05) is 13.1 Å². The van der Waals surface area contributed by atoms with Crippen molar-refractivity contribution in [2.45, 2.75) is 45.6 Å². The minimum absolute atomic E-state index is 0.117. The van der Waals surface area contributed by atoms with Gasteiger partial charge in [0.05, 0.1) is 12.2 Å². The van der Waals surface area contributed by atoms with Crippen LogP contribution < -0.4 is 10.6 Å². The van der Waals surface area contributed by atoms with E-state index in [4.69, 9.17) is 0 Å². The summed E-state index contributed by atoms with van der Waals surface area (Å²) in [5.41, 5.74) is 2.50. The predicted molar refractivity (Wildman–Crippen MR) is 100 cm³/mol. The van der Waals surface area contributed by atoms with E-state index in [0.717, 1.165) is 37.6 Å². The highest BCUT2D eigenvalue weighted by Crippen LogP contribution is 2.30. The van der Waals surface area contributed by atoms with Crippen LogP contribution >= 0.6 is 0 Å². The molecule has 0 unspecified atom stereocenters. The second-order valence-electron chi connectivity index (χ2n) is 5.98. The number of hydrogen-bond donors (Lipinski definition) is 3. The molecule has 1 aromatic carbocycles. The quantitative estimate of drug-likeness (QED) is 0.515. The molecule has 0 spiro atoms. The number of guanidine groups is 1. The van der Waals surface area contributed by atoms with Gasteiger partial charge in [0, 0.05) is 24.7 Å². The molecule has 2 aromatic rings. The first-order chi connectivity index (χ1) is 11.7. The highest BCUT2D eigenvalue weighted by Gasteiger charge is 2.28. The molecule has 0 amide bonds. The van der Waals surface area contributed by atoms with Crippen LogP contribution in [0.3, 0.4) is 0 Å². The standard InChI is InChI=1S/C19H29N5/c1-4-19(5-2,16-10-8-7-9-11-16)15-22-18(20-6-3)21-14-17-12-13-23-24-17/h7-13H,4-6,14-15H2,1-3H3,(H,23,24)(H2,20,21,22). The first kappa shape index (κ1) is 18.0. The molecule has 5 heteroatoms. The topological polar surface area (TPSA) is 65.1 Å². The van der Waals surface area contributed by atoms with Crippen LogP contribution in [-0.2, 0) is 12.0 Å². The van der Waals surface area contributed by atoms with E-state index in [2.05, 4.69) is 76.9 Å². The lowest BCUT2D eigenvalue weighted by atomic mass is 9.76. The zero-order chi connectivity index (χ0) is 17.3. The number of aromatic nitrogens is 2. The van der Waals surface area contributed by atoms with Gasteiger partial charge in [-0.2, -0.15) is 5.10 Å². The molecule has 0 aliphatic rings. The molecule has 1 heterocycles. The summed E-state index contributed by atoms with van der Waals surface area (Å²) in [4.78, 5) is 4.64. The summed E-state index contributed by atoms with van der Waals surface area (Å²) in [6, 6.07) is 12.7. The van der Waals surface area contributed by atoms with Gasteiger partial charge in [-0.1, -0.05) is 44.2 Å². The molecule has 5 nitrogen and oxygen atoms in total. The Hall–Kier alpha value is -2.30. The predicted octanol–water partition coefficient (Wildman–Crippen LogP) is 3.22. The first-order valence-corrected chi connectivity index (χ1v) is 8.80. The number of rotatable bonds is 8.